The minimum Gasteiger partial charge on any atom is -0.384 e. The molecule has 2 heterocycles. The van der Waals surface area contributed by atoms with Crippen molar-refractivity contribution in [2.75, 3.05) is 0 Å². The molecule has 2 aliphatic rings. The van der Waals surface area contributed by atoms with Crippen LogP contribution in [-0.4, -0.2) is 11.7 Å². The quantitative estimate of drug-likeness (QED) is 0.246. The summed E-state index contributed by atoms with van der Waals surface area (Å²) < 4.78 is 34.8. The molecule has 2 bridgehead atoms. The van der Waals surface area contributed by atoms with Crippen LogP contribution in [0.1, 0.15) is 61.5 Å². The normalized spacial score (nSPS) is 16.8. The van der Waals surface area contributed by atoms with Gasteiger partial charge in [0.25, 0.3) is 5.91 Å². The highest BCUT2D eigenvalue weighted by atomic mass is 19.1. The molecule has 6 rings (SSSR count). The van der Waals surface area contributed by atoms with E-state index < -0.39 is 17.8 Å². The van der Waals surface area contributed by atoms with Crippen molar-refractivity contribution in [1.82, 2.24) is 5.32 Å². The van der Waals surface area contributed by atoms with Crippen LogP contribution in [0.5, 0.6) is 0 Å². The number of carbonyl (C=O) groups is 1. The number of benzene rings is 4. The number of hydrogen-bond donors (Lipinski definition) is 3. The SMILES string of the molecule is Cc1cc(-c2ccc(F)cc2)cc2c1C1OC2c2cc(C(=O)NCc3ccc(C(=N)N)cc3)c(F)cc21. The van der Waals surface area contributed by atoms with Crippen molar-refractivity contribution in [1.29, 1.82) is 5.41 Å². The predicted molar refractivity (Wildman–Crippen MR) is 136 cm³/mol. The van der Waals surface area contributed by atoms with Crippen LogP contribution in [0.4, 0.5) is 8.78 Å². The largest absolute Gasteiger partial charge is 0.384 e. The first-order valence-electron chi connectivity index (χ1n) is 11.9. The first-order valence-corrected chi connectivity index (χ1v) is 11.9. The lowest BCUT2D eigenvalue weighted by molar-refractivity contribution is 0.0855. The van der Waals surface area contributed by atoms with Gasteiger partial charge in [0.05, 0.1) is 5.56 Å². The Morgan fingerprint density at radius 2 is 1.62 bits per heavy atom. The highest BCUT2D eigenvalue weighted by Gasteiger charge is 2.44. The number of amidine groups is 1. The van der Waals surface area contributed by atoms with Crippen LogP contribution < -0.4 is 11.1 Å². The Morgan fingerprint density at radius 1 is 0.919 bits per heavy atom. The molecule has 1 amide bonds. The van der Waals surface area contributed by atoms with E-state index in [9.17, 15) is 9.18 Å². The lowest BCUT2D eigenvalue weighted by Gasteiger charge is -2.20. The molecule has 184 valence electrons. The van der Waals surface area contributed by atoms with Crippen molar-refractivity contribution in [3.8, 4) is 11.1 Å². The molecule has 37 heavy (non-hydrogen) atoms. The Labute approximate surface area is 212 Å². The van der Waals surface area contributed by atoms with Crippen molar-refractivity contribution in [2.45, 2.75) is 25.7 Å². The monoisotopic (exact) mass is 495 g/mol. The summed E-state index contributed by atoms with van der Waals surface area (Å²) in [6, 6.07) is 20.4. The molecule has 0 aromatic heterocycles. The maximum absolute atomic E-state index is 15.1. The molecule has 0 saturated heterocycles. The molecule has 4 aromatic rings. The van der Waals surface area contributed by atoms with Crippen molar-refractivity contribution >= 4 is 11.7 Å². The van der Waals surface area contributed by atoms with Crippen LogP contribution in [0.15, 0.2) is 72.8 Å². The van der Waals surface area contributed by atoms with Gasteiger partial charge in [-0.3, -0.25) is 10.2 Å². The minimum atomic E-state index is -0.596. The molecule has 0 aliphatic carbocycles. The number of nitrogens with two attached hydrogens (primary N) is 1. The molecule has 0 saturated carbocycles. The standard InChI is InChI=1S/C30H23F2N3O2/c1-15-10-19(17-6-8-20(31)9-7-17)11-24-26(15)28-22-13-25(32)23(12-21(22)27(24)37-28)30(36)35-14-16-2-4-18(5-3-16)29(33)34/h2-13,27-28H,14H2,1H3,(H3,33,34)(H,35,36). The number of halogens is 2. The third kappa shape index (κ3) is 3.88. The Balaban J connectivity index is 1.28. The highest BCUT2D eigenvalue weighted by molar-refractivity contribution is 5.95. The van der Waals surface area contributed by atoms with E-state index in [1.807, 2.05) is 19.1 Å². The van der Waals surface area contributed by atoms with E-state index in [2.05, 4.69) is 5.32 Å². The fourth-order valence-electron chi connectivity index (χ4n) is 5.27. The van der Waals surface area contributed by atoms with Crippen LogP contribution in [0.3, 0.4) is 0 Å². The Hall–Kier alpha value is -4.36. The molecule has 7 heteroatoms. The highest BCUT2D eigenvalue weighted by Crippen LogP contribution is 2.56. The van der Waals surface area contributed by atoms with Crippen molar-refractivity contribution < 1.29 is 18.3 Å². The zero-order chi connectivity index (χ0) is 25.8. The average Bonchev–Trinajstić information content (AvgIpc) is 3.44. The molecule has 2 atom stereocenters. The van der Waals surface area contributed by atoms with E-state index in [4.69, 9.17) is 15.9 Å². The van der Waals surface area contributed by atoms with E-state index in [0.717, 1.165) is 44.5 Å². The van der Waals surface area contributed by atoms with Gasteiger partial charge in [0.15, 0.2) is 0 Å². The van der Waals surface area contributed by atoms with Crippen LogP contribution in [0, 0.1) is 24.0 Å². The van der Waals surface area contributed by atoms with Crippen molar-refractivity contribution in [3.05, 3.63) is 129 Å². The average molecular weight is 496 g/mol. The number of rotatable bonds is 5. The van der Waals surface area contributed by atoms with Gasteiger partial charge in [-0.2, -0.15) is 0 Å². The van der Waals surface area contributed by atoms with E-state index in [0.29, 0.717) is 5.56 Å². The Kier molecular flexibility index (Phi) is 5.38. The summed E-state index contributed by atoms with van der Waals surface area (Å²) in [6.45, 7) is 2.20. The summed E-state index contributed by atoms with van der Waals surface area (Å²) in [4.78, 5) is 12.9. The zero-order valence-corrected chi connectivity index (χ0v) is 19.9. The molecule has 2 unspecified atom stereocenters. The van der Waals surface area contributed by atoms with Gasteiger partial charge in [0.1, 0.15) is 29.7 Å². The predicted octanol–water partition coefficient (Wildman–Crippen LogP) is 5.68. The number of nitrogens with one attached hydrogen (secondary N) is 2. The molecule has 4 N–H and O–H groups in total. The number of ether oxygens (including phenoxy) is 1. The fraction of sp³-hybridized carbons (Fsp3) is 0.133. The number of carbonyl (C=O) groups excluding carboxylic acids is 1. The van der Waals surface area contributed by atoms with Gasteiger partial charge in [0.2, 0.25) is 0 Å². The van der Waals surface area contributed by atoms with Crippen LogP contribution in [0.25, 0.3) is 11.1 Å². The summed E-state index contributed by atoms with van der Waals surface area (Å²) >= 11 is 0. The van der Waals surface area contributed by atoms with Crippen LogP contribution in [0.2, 0.25) is 0 Å². The number of amides is 1. The van der Waals surface area contributed by atoms with Crippen LogP contribution in [-0.2, 0) is 11.3 Å². The summed E-state index contributed by atoms with van der Waals surface area (Å²) in [6.07, 6.45) is -0.788. The molecule has 2 aliphatic heterocycles. The summed E-state index contributed by atoms with van der Waals surface area (Å²) in [7, 11) is 0. The fourth-order valence-corrected chi connectivity index (χ4v) is 5.27. The molecular formula is C30H23F2N3O2. The van der Waals surface area contributed by atoms with E-state index in [1.54, 1.807) is 42.5 Å². The van der Waals surface area contributed by atoms with Crippen LogP contribution >= 0.6 is 0 Å². The van der Waals surface area contributed by atoms with E-state index >= 15 is 4.39 Å². The number of aryl methyl sites for hydroxylation is 1. The summed E-state index contributed by atoms with van der Waals surface area (Å²) in [5.41, 5.74) is 13.2. The van der Waals surface area contributed by atoms with Crippen molar-refractivity contribution in [3.63, 3.8) is 0 Å². The Bertz CT molecular complexity index is 1580. The van der Waals surface area contributed by atoms with Gasteiger partial charge in [-0.05, 0) is 81.8 Å². The van der Waals surface area contributed by atoms with Crippen molar-refractivity contribution in [2.24, 2.45) is 5.73 Å². The minimum absolute atomic E-state index is 0.0335. The van der Waals surface area contributed by atoms with Gasteiger partial charge in [0, 0.05) is 12.1 Å². The Morgan fingerprint density at radius 3 is 2.32 bits per heavy atom. The number of nitrogen functional groups attached to an aromatic ring is 1. The third-order valence-corrected chi connectivity index (χ3v) is 7.11. The first-order chi connectivity index (χ1) is 17.8. The second-order valence-corrected chi connectivity index (χ2v) is 9.45. The summed E-state index contributed by atoms with van der Waals surface area (Å²) in [5.74, 6) is -1.44. The topological polar surface area (TPSA) is 88.2 Å². The zero-order valence-electron chi connectivity index (χ0n) is 19.9. The molecule has 0 spiro atoms. The molecule has 4 aromatic carbocycles. The van der Waals surface area contributed by atoms with Gasteiger partial charge in [-0.15, -0.1) is 0 Å². The number of fused-ring (bicyclic) bond motifs is 8. The molecule has 0 radical (unpaired) electrons. The van der Waals surface area contributed by atoms with Gasteiger partial charge in [-0.1, -0.05) is 42.5 Å². The first kappa shape index (κ1) is 23.1. The van der Waals surface area contributed by atoms with E-state index in [-0.39, 0.29) is 29.9 Å². The van der Waals surface area contributed by atoms with Gasteiger partial charge >= 0.3 is 0 Å². The lowest BCUT2D eigenvalue weighted by atomic mass is 9.81. The molecule has 0 fully saturated rings. The second kappa shape index (κ2) is 8.64. The number of hydrogen-bond acceptors (Lipinski definition) is 3. The summed E-state index contributed by atoms with van der Waals surface area (Å²) in [5, 5.41) is 10.2. The second-order valence-electron chi connectivity index (χ2n) is 9.45. The van der Waals surface area contributed by atoms with Gasteiger partial charge in [-0.25, -0.2) is 8.78 Å². The van der Waals surface area contributed by atoms with E-state index in [1.165, 1.54) is 18.2 Å². The maximum atomic E-state index is 15.1. The third-order valence-electron chi connectivity index (χ3n) is 7.11. The smallest absolute Gasteiger partial charge is 0.254 e. The maximum Gasteiger partial charge on any atom is 0.254 e. The lowest BCUT2D eigenvalue weighted by Crippen LogP contribution is -2.24. The molecular weight excluding hydrogens is 472 g/mol. The van der Waals surface area contributed by atoms with Gasteiger partial charge < -0.3 is 15.8 Å². The molecule has 5 nitrogen and oxygen atoms in total.